The first-order valence-corrected chi connectivity index (χ1v) is 13.6. The molecule has 2 unspecified atom stereocenters. The Hall–Kier alpha value is -2.16. The van der Waals surface area contributed by atoms with Gasteiger partial charge in [0.15, 0.2) is 29.3 Å². The summed E-state index contributed by atoms with van der Waals surface area (Å²) in [7, 11) is -11.0. The fraction of sp³-hybridized carbons (Fsp3) is 0.625. The number of aliphatic hydroxyl groups is 4. The van der Waals surface area contributed by atoms with Gasteiger partial charge >= 0.3 is 15.6 Å². The van der Waals surface area contributed by atoms with Gasteiger partial charge in [0, 0.05) is 0 Å². The molecule has 2 aromatic heterocycles. The average molecular weight is 587 g/mol. The maximum Gasteiger partial charge on any atom is 0.483 e. The highest BCUT2D eigenvalue weighted by molar-refractivity contribution is 7.61. The van der Waals surface area contributed by atoms with E-state index in [1.54, 1.807) is 0 Å². The number of ether oxygens (including phenoxy) is 2. The molecule has 0 amide bonds. The van der Waals surface area contributed by atoms with E-state index in [1.807, 2.05) is 0 Å². The Morgan fingerprint density at radius 1 is 1.11 bits per heavy atom. The predicted molar refractivity (Wildman–Crippen MR) is 118 cm³/mol. The molecule has 2 aromatic rings. The van der Waals surface area contributed by atoms with E-state index in [1.165, 1.54) is 6.92 Å². The second kappa shape index (κ2) is 10.4. The van der Waals surface area contributed by atoms with Crippen LogP contribution in [0.25, 0.3) is 11.2 Å². The van der Waals surface area contributed by atoms with Crippen LogP contribution in [0.3, 0.4) is 0 Å². The van der Waals surface area contributed by atoms with E-state index in [2.05, 4.69) is 28.3 Å². The van der Waals surface area contributed by atoms with Crippen LogP contribution in [0.1, 0.15) is 13.2 Å². The first-order chi connectivity index (χ1) is 17.6. The Morgan fingerprint density at radius 2 is 1.79 bits per heavy atom. The topological polar surface area (TPSA) is 308 Å². The van der Waals surface area contributed by atoms with E-state index >= 15 is 0 Å². The monoisotopic (exact) mass is 587 g/mol. The Bertz CT molecular complexity index is 1370. The average Bonchev–Trinajstić information content (AvgIpc) is 3.35. The molecule has 0 saturated carbocycles. The number of phosphoric ester groups is 2. The van der Waals surface area contributed by atoms with Crippen molar-refractivity contribution in [1.29, 1.82) is 0 Å². The molecule has 2 saturated heterocycles. The number of aliphatic hydroxyl groups excluding tert-OH is 4. The molecule has 0 aliphatic carbocycles. The molecule has 2 aliphatic rings. The largest absolute Gasteiger partial charge is 0.483 e. The molecule has 0 spiro atoms. The molecular weight excluding hydrogens is 564 g/mol. The van der Waals surface area contributed by atoms with E-state index < -0.39 is 82.7 Å². The van der Waals surface area contributed by atoms with Gasteiger partial charge in [-0.05, 0) is 6.92 Å². The first kappa shape index (κ1) is 28.8. The number of fused-ring (bicyclic) bond motifs is 1. The molecule has 0 aromatic carbocycles. The van der Waals surface area contributed by atoms with Crippen LogP contribution in [0, 0.1) is 0 Å². The van der Waals surface area contributed by atoms with Crippen LogP contribution in [-0.4, -0.2) is 105 Å². The highest BCUT2D eigenvalue weighted by atomic mass is 31.3. The third-order valence-corrected chi connectivity index (χ3v) is 8.14. The van der Waals surface area contributed by atoms with Crippen LogP contribution >= 0.6 is 15.6 Å². The molecule has 10 atom stereocenters. The van der Waals surface area contributed by atoms with Crippen LogP contribution in [-0.2, 0) is 36.8 Å². The zero-order chi connectivity index (χ0) is 28.2. The van der Waals surface area contributed by atoms with Gasteiger partial charge in [0.25, 0.3) is 5.56 Å². The summed E-state index contributed by atoms with van der Waals surface area (Å²) in [5.74, 6) is -1.46. The molecule has 20 nitrogen and oxygen atoms in total. The number of nitrogens with zero attached hydrogens (tertiary/aromatic N) is 3. The summed E-state index contributed by atoms with van der Waals surface area (Å²) in [6, 6.07) is 0. The second-order valence-corrected chi connectivity index (χ2v) is 11.2. The van der Waals surface area contributed by atoms with Crippen molar-refractivity contribution in [3.8, 4) is 0 Å². The van der Waals surface area contributed by atoms with Crippen molar-refractivity contribution in [3.05, 3.63) is 16.7 Å². The second-order valence-electron chi connectivity index (χ2n) is 8.24. The summed E-state index contributed by atoms with van der Waals surface area (Å²) in [5, 5.41) is 40.0. The Balaban J connectivity index is 1.40. The van der Waals surface area contributed by atoms with Crippen molar-refractivity contribution in [2.45, 2.75) is 56.1 Å². The molecule has 0 radical (unpaired) electrons. The molecule has 2 aliphatic heterocycles. The molecule has 4 heterocycles. The molecule has 9 N–H and O–H groups in total. The number of anilines is 1. The predicted octanol–water partition coefficient (Wildman–Crippen LogP) is -3.39. The van der Waals surface area contributed by atoms with Gasteiger partial charge < -0.3 is 45.4 Å². The Kier molecular flexibility index (Phi) is 7.92. The number of imidazole rings is 1. The van der Waals surface area contributed by atoms with Crippen molar-refractivity contribution >= 4 is 38.5 Å². The first-order valence-electron chi connectivity index (χ1n) is 10.6. The van der Waals surface area contributed by atoms with Gasteiger partial charge in [0.1, 0.15) is 24.4 Å². The minimum absolute atomic E-state index is 0.106. The number of rotatable bonds is 8. The van der Waals surface area contributed by atoms with E-state index in [9.17, 15) is 48.9 Å². The lowest BCUT2D eigenvalue weighted by atomic mass is 10.0. The standard InChI is InChI=1S/C16H23N5O15P2/c1-4-7(22)9(24)11(26)15(33-4)35-38(30,31)36-37(28,29)32-2-5-8(23)10(25)14(34-5)21-3-18-6-12(21)19-16(17)20-13(6)27/h3-5,7-8,10-11,14-15,22-23,25-26H,2H2,1H3,(H,28,29)(H,30,31)(H3,17,19,20,27)/t4-,5-,7-,8-,10-,11+,14-,15-/m1/s1. The van der Waals surface area contributed by atoms with Crippen LogP contribution in [0.15, 0.2) is 11.1 Å². The fourth-order valence-electron chi connectivity index (χ4n) is 3.68. The summed E-state index contributed by atoms with van der Waals surface area (Å²) in [4.78, 5) is 53.3. The summed E-state index contributed by atoms with van der Waals surface area (Å²) >= 11 is 0. The normalized spacial score (nSPS) is 35.3. The quantitative estimate of drug-likeness (QED) is 0.140. The highest BCUT2D eigenvalue weighted by Crippen LogP contribution is 2.61. The number of carbonyl (C=O) groups is 1. The lowest BCUT2D eigenvalue weighted by molar-refractivity contribution is -0.223. The molecule has 212 valence electrons. The number of aromatic amines is 1. The van der Waals surface area contributed by atoms with Crippen molar-refractivity contribution in [2.24, 2.45) is 0 Å². The lowest BCUT2D eigenvalue weighted by Crippen LogP contribution is -2.54. The van der Waals surface area contributed by atoms with Gasteiger partial charge in [-0.3, -0.25) is 28.2 Å². The van der Waals surface area contributed by atoms with Crippen molar-refractivity contribution in [1.82, 2.24) is 19.5 Å². The number of ketones is 1. The zero-order valence-electron chi connectivity index (χ0n) is 19.1. The van der Waals surface area contributed by atoms with Crippen molar-refractivity contribution in [2.75, 3.05) is 12.3 Å². The van der Waals surface area contributed by atoms with Crippen LogP contribution in [0.4, 0.5) is 5.95 Å². The smallest absolute Gasteiger partial charge is 0.387 e. The highest BCUT2D eigenvalue weighted by Gasteiger charge is 2.49. The minimum atomic E-state index is -5.54. The van der Waals surface area contributed by atoms with Gasteiger partial charge in [-0.1, -0.05) is 0 Å². The van der Waals surface area contributed by atoms with Gasteiger partial charge in [-0.2, -0.15) is 9.29 Å². The number of carbonyl (C=O) groups excluding carboxylic acids is 1. The minimum Gasteiger partial charge on any atom is -0.387 e. The fourth-order valence-corrected chi connectivity index (χ4v) is 5.83. The van der Waals surface area contributed by atoms with E-state index in [-0.39, 0.29) is 17.1 Å². The molecule has 22 heteroatoms. The number of Topliss-reactive ketones (excluding diaryl/α,β-unsaturated/α-hetero) is 1. The summed E-state index contributed by atoms with van der Waals surface area (Å²) in [6.07, 6.45) is -12.6. The number of nitrogens with two attached hydrogens (primary N) is 1. The van der Waals surface area contributed by atoms with E-state index in [0.717, 1.165) is 10.9 Å². The van der Waals surface area contributed by atoms with Crippen LogP contribution < -0.4 is 11.3 Å². The van der Waals surface area contributed by atoms with Crippen molar-refractivity contribution < 1.29 is 67.0 Å². The number of aromatic nitrogens is 4. The Morgan fingerprint density at radius 3 is 2.47 bits per heavy atom. The van der Waals surface area contributed by atoms with Gasteiger partial charge in [0.05, 0.1) is 19.0 Å². The molecule has 2 fully saturated rings. The van der Waals surface area contributed by atoms with Gasteiger partial charge in [-0.25, -0.2) is 14.1 Å². The molecule has 0 bridgehead atoms. The maximum absolute atomic E-state index is 12.2. The van der Waals surface area contributed by atoms with Crippen molar-refractivity contribution in [3.63, 3.8) is 0 Å². The molecular formula is C16H23N5O15P2. The van der Waals surface area contributed by atoms with Gasteiger partial charge in [0.2, 0.25) is 12.2 Å². The summed E-state index contributed by atoms with van der Waals surface area (Å²) in [5.41, 5.74) is 4.57. The van der Waals surface area contributed by atoms with Gasteiger partial charge in [-0.15, -0.1) is 0 Å². The number of nitrogens with one attached hydrogen (secondary N) is 1. The van der Waals surface area contributed by atoms with E-state index in [0.29, 0.717) is 0 Å². The summed E-state index contributed by atoms with van der Waals surface area (Å²) in [6.45, 7) is 0.216. The van der Waals surface area contributed by atoms with Crippen LogP contribution in [0.5, 0.6) is 0 Å². The number of hydrogen-bond donors (Lipinski definition) is 8. The van der Waals surface area contributed by atoms with E-state index in [4.69, 9.17) is 15.2 Å². The zero-order valence-corrected chi connectivity index (χ0v) is 20.9. The maximum atomic E-state index is 12.2. The SMILES string of the molecule is C[C@H]1O[C@H](OP(=O)(O)OP(=O)(O)OC[C@H]2O[C@@H](n3cnc4c(=O)[nH]c(N)nc43)[C@H](O)[C@@H]2O)[C@@H](O)C(=O)[C@@H]1O. The number of phosphoric acid groups is 2. The third kappa shape index (κ3) is 5.73. The molecule has 38 heavy (non-hydrogen) atoms. The lowest BCUT2D eigenvalue weighted by Gasteiger charge is -2.34. The molecule has 4 rings (SSSR count). The van der Waals surface area contributed by atoms with Crippen LogP contribution in [0.2, 0.25) is 0 Å². The third-order valence-electron chi connectivity index (χ3n) is 5.54. The number of H-pyrrole nitrogens is 1. The number of nitrogen functional groups attached to an aromatic ring is 1. The number of hydrogen-bond acceptors (Lipinski definition) is 16. The summed E-state index contributed by atoms with van der Waals surface area (Å²) < 4.78 is 49.0. The Labute approximate surface area is 210 Å².